The fourth-order valence-corrected chi connectivity index (χ4v) is 2.18. The van der Waals surface area contributed by atoms with E-state index >= 15 is 0 Å². The van der Waals surface area contributed by atoms with Gasteiger partial charge in [0.1, 0.15) is 0 Å². The van der Waals surface area contributed by atoms with Gasteiger partial charge in [-0.3, -0.25) is 0 Å². The van der Waals surface area contributed by atoms with Gasteiger partial charge in [-0.05, 0) is 44.4 Å². The summed E-state index contributed by atoms with van der Waals surface area (Å²) in [5.41, 5.74) is 6.36. The third kappa shape index (κ3) is 1.80. The van der Waals surface area contributed by atoms with Crippen LogP contribution in [-0.4, -0.2) is 18.8 Å². The van der Waals surface area contributed by atoms with Gasteiger partial charge in [-0.15, -0.1) is 0 Å². The van der Waals surface area contributed by atoms with Crippen LogP contribution in [0.5, 0.6) is 0 Å². The van der Waals surface area contributed by atoms with E-state index in [0.717, 1.165) is 19.1 Å². The normalized spacial score (nSPS) is 33.2. The van der Waals surface area contributed by atoms with Gasteiger partial charge in [0.15, 0.2) is 0 Å². The van der Waals surface area contributed by atoms with Crippen molar-refractivity contribution in [2.45, 2.75) is 44.1 Å². The summed E-state index contributed by atoms with van der Waals surface area (Å²) in [6, 6.07) is 0. The molecule has 1 saturated carbocycles. The second kappa shape index (κ2) is 3.35. The van der Waals surface area contributed by atoms with Crippen LogP contribution < -0.4 is 5.73 Å². The zero-order valence-electron chi connectivity index (χ0n) is 7.72. The molecule has 1 aliphatic heterocycles. The summed E-state index contributed by atoms with van der Waals surface area (Å²) in [7, 11) is 0. The van der Waals surface area contributed by atoms with Crippen LogP contribution in [0.1, 0.15) is 38.5 Å². The average molecular weight is 169 g/mol. The van der Waals surface area contributed by atoms with Crippen LogP contribution in [0, 0.1) is 5.92 Å². The van der Waals surface area contributed by atoms with E-state index in [9.17, 15) is 0 Å². The van der Waals surface area contributed by atoms with Gasteiger partial charge in [0.2, 0.25) is 0 Å². The van der Waals surface area contributed by atoms with Crippen molar-refractivity contribution < 1.29 is 4.74 Å². The first-order chi connectivity index (χ1) is 5.79. The Hall–Kier alpha value is -0.0800. The van der Waals surface area contributed by atoms with E-state index in [1.807, 2.05) is 0 Å². The Morgan fingerprint density at radius 3 is 2.75 bits per heavy atom. The van der Waals surface area contributed by atoms with Crippen LogP contribution in [0.15, 0.2) is 0 Å². The lowest BCUT2D eigenvalue weighted by atomic mass is 9.73. The summed E-state index contributed by atoms with van der Waals surface area (Å²) in [5, 5.41) is 0. The zero-order valence-corrected chi connectivity index (χ0v) is 7.72. The van der Waals surface area contributed by atoms with Crippen LogP contribution in [-0.2, 0) is 4.74 Å². The molecule has 2 rings (SSSR count). The molecule has 0 aromatic rings. The molecule has 2 fully saturated rings. The van der Waals surface area contributed by atoms with Crippen LogP contribution >= 0.6 is 0 Å². The quantitative estimate of drug-likeness (QED) is 0.697. The molecule has 1 aliphatic carbocycles. The van der Waals surface area contributed by atoms with Crippen molar-refractivity contribution in [3.05, 3.63) is 0 Å². The average Bonchev–Trinajstić information content (AvgIpc) is 2.49. The predicted molar refractivity (Wildman–Crippen MR) is 48.9 cm³/mol. The van der Waals surface area contributed by atoms with E-state index in [1.54, 1.807) is 0 Å². The molecule has 2 aliphatic rings. The Morgan fingerprint density at radius 2 is 2.25 bits per heavy atom. The number of rotatable bonds is 3. The molecule has 0 spiro atoms. The van der Waals surface area contributed by atoms with Crippen LogP contribution in [0.25, 0.3) is 0 Å². The maximum atomic E-state index is 6.14. The molecule has 1 atom stereocenters. The lowest BCUT2D eigenvalue weighted by molar-refractivity contribution is 0.173. The molecule has 70 valence electrons. The highest BCUT2D eigenvalue weighted by Crippen LogP contribution is 2.35. The first kappa shape index (κ1) is 8.52. The fraction of sp³-hybridized carbons (Fsp3) is 1.00. The maximum Gasteiger partial charge on any atom is 0.0495 e. The number of ether oxygens (including phenoxy) is 1. The molecule has 2 nitrogen and oxygen atoms in total. The monoisotopic (exact) mass is 169 g/mol. The van der Waals surface area contributed by atoms with Crippen LogP contribution in [0.2, 0.25) is 0 Å². The molecular weight excluding hydrogens is 150 g/mol. The third-order valence-electron chi connectivity index (χ3n) is 3.42. The summed E-state index contributed by atoms with van der Waals surface area (Å²) in [6.45, 7) is 1.96. The van der Waals surface area contributed by atoms with Gasteiger partial charge in [0, 0.05) is 18.8 Å². The molecule has 2 heteroatoms. The van der Waals surface area contributed by atoms with Crippen molar-refractivity contribution in [3.8, 4) is 0 Å². The summed E-state index contributed by atoms with van der Waals surface area (Å²) < 4.78 is 5.33. The van der Waals surface area contributed by atoms with Crippen molar-refractivity contribution in [1.29, 1.82) is 0 Å². The minimum Gasteiger partial charge on any atom is -0.381 e. The van der Waals surface area contributed by atoms with Crippen molar-refractivity contribution in [3.63, 3.8) is 0 Å². The molecule has 0 radical (unpaired) electrons. The molecule has 1 unspecified atom stereocenters. The first-order valence-electron chi connectivity index (χ1n) is 5.15. The Bertz CT molecular complexity index is 148. The molecule has 0 amide bonds. The molecule has 0 bridgehead atoms. The molecule has 2 N–H and O–H groups in total. The summed E-state index contributed by atoms with van der Waals surface area (Å²) in [5.74, 6) is 0.811. The standard InChI is InChI=1S/C10H19NO/c11-10(4-1-5-10)6-2-9-3-7-12-8-9/h9H,1-8,11H2. The minimum absolute atomic E-state index is 0.225. The van der Waals surface area contributed by atoms with E-state index in [0.29, 0.717) is 0 Å². The Labute approximate surface area is 74.5 Å². The third-order valence-corrected chi connectivity index (χ3v) is 3.42. The van der Waals surface area contributed by atoms with Gasteiger partial charge < -0.3 is 10.5 Å². The second-order valence-corrected chi connectivity index (χ2v) is 4.48. The van der Waals surface area contributed by atoms with Crippen molar-refractivity contribution in [1.82, 2.24) is 0 Å². The molecule has 0 aromatic carbocycles. The van der Waals surface area contributed by atoms with Gasteiger partial charge in [-0.25, -0.2) is 0 Å². The molecule has 0 aromatic heterocycles. The van der Waals surface area contributed by atoms with Crippen molar-refractivity contribution >= 4 is 0 Å². The predicted octanol–water partition coefficient (Wildman–Crippen LogP) is 1.68. The molecule has 1 heterocycles. The zero-order chi connectivity index (χ0) is 8.44. The molecule has 1 saturated heterocycles. The van der Waals surface area contributed by atoms with Gasteiger partial charge in [-0.2, -0.15) is 0 Å². The molecular formula is C10H19NO. The highest BCUT2D eigenvalue weighted by atomic mass is 16.5. The van der Waals surface area contributed by atoms with Crippen molar-refractivity contribution in [2.75, 3.05) is 13.2 Å². The van der Waals surface area contributed by atoms with Gasteiger partial charge in [-0.1, -0.05) is 0 Å². The highest BCUT2D eigenvalue weighted by Gasteiger charge is 2.32. The van der Waals surface area contributed by atoms with E-state index in [2.05, 4.69) is 0 Å². The summed E-state index contributed by atoms with van der Waals surface area (Å²) in [6.07, 6.45) is 7.62. The Morgan fingerprint density at radius 1 is 1.42 bits per heavy atom. The van der Waals surface area contributed by atoms with E-state index < -0.39 is 0 Å². The summed E-state index contributed by atoms with van der Waals surface area (Å²) >= 11 is 0. The number of hydrogen-bond acceptors (Lipinski definition) is 2. The van der Waals surface area contributed by atoms with E-state index in [1.165, 1.54) is 38.5 Å². The highest BCUT2D eigenvalue weighted by molar-refractivity contribution is 4.92. The van der Waals surface area contributed by atoms with Crippen molar-refractivity contribution in [2.24, 2.45) is 11.7 Å². The second-order valence-electron chi connectivity index (χ2n) is 4.48. The van der Waals surface area contributed by atoms with Crippen LogP contribution in [0.3, 0.4) is 0 Å². The largest absolute Gasteiger partial charge is 0.381 e. The Kier molecular flexibility index (Phi) is 2.37. The maximum absolute atomic E-state index is 6.14. The summed E-state index contributed by atoms with van der Waals surface area (Å²) in [4.78, 5) is 0. The molecule has 12 heavy (non-hydrogen) atoms. The first-order valence-corrected chi connectivity index (χ1v) is 5.15. The fourth-order valence-electron chi connectivity index (χ4n) is 2.18. The Balaban J connectivity index is 1.67. The number of hydrogen-bond donors (Lipinski definition) is 1. The van der Waals surface area contributed by atoms with Gasteiger partial charge in [0.25, 0.3) is 0 Å². The topological polar surface area (TPSA) is 35.2 Å². The van der Waals surface area contributed by atoms with Gasteiger partial charge >= 0.3 is 0 Å². The van der Waals surface area contributed by atoms with Crippen LogP contribution in [0.4, 0.5) is 0 Å². The minimum atomic E-state index is 0.225. The van der Waals surface area contributed by atoms with E-state index in [-0.39, 0.29) is 5.54 Å². The SMILES string of the molecule is NC1(CCC2CCOC2)CCC1. The smallest absolute Gasteiger partial charge is 0.0495 e. The lowest BCUT2D eigenvalue weighted by Gasteiger charge is -2.38. The lowest BCUT2D eigenvalue weighted by Crippen LogP contribution is -2.46. The van der Waals surface area contributed by atoms with Gasteiger partial charge in [0.05, 0.1) is 0 Å². The number of nitrogens with two attached hydrogens (primary N) is 1. The van der Waals surface area contributed by atoms with E-state index in [4.69, 9.17) is 10.5 Å².